The Morgan fingerprint density at radius 2 is 1.82 bits per heavy atom. The maximum atomic E-state index is 13.7. The van der Waals surface area contributed by atoms with Crippen molar-refractivity contribution in [3.8, 4) is 0 Å². The number of likely N-dealkylation sites (tertiary alicyclic amines) is 1. The zero-order valence-electron chi connectivity index (χ0n) is 15.6. The van der Waals surface area contributed by atoms with Gasteiger partial charge in [-0.25, -0.2) is 0 Å². The molecule has 1 fully saturated rings. The first-order chi connectivity index (χ1) is 13.5. The summed E-state index contributed by atoms with van der Waals surface area (Å²) in [5, 5.41) is 5.29. The van der Waals surface area contributed by atoms with Crippen LogP contribution in [0, 0.1) is 0 Å². The van der Waals surface area contributed by atoms with Crippen LogP contribution in [-0.2, 0) is 23.2 Å². The van der Waals surface area contributed by atoms with Gasteiger partial charge in [0.1, 0.15) is 5.54 Å². The van der Waals surface area contributed by atoms with E-state index in [-0.39, 0.29) is 5.78 Å². The highest BCUT2D eigenvalue weighted by atomic mass is 35.5. The van der Waals surface area contributed by atoms with E-state index < -0.39 is 5.54 Å². The molecule has 0 amide bonds. The molecule has 1 saturated heterocycles. The number of Topliss-reactive ketones (excluding diaryl/α,β-unsaturated/α-hetero) is 1. The van der Waals surface area contributed by atoms with Crippen LogP contribution in [0.4, 0.5) is 0 Å². The van der Waals surface area contributed by atoms with Crippen molar-refractivity contribution in [3.05, 3.63) is 68.2 Å². The number of carbonyl (C=O) groups excluding carboxylic acids is 1. The Hall–Kier alpha value is -1.10. The highest BCUT2D eigenvalue weighted by Crippen LogP contribution is 2.36. The predicted molar refractivity (Wildman–Crippen MR) is 116 cm³/mol. The van der Waals surface area contributed by atoms with E-state index in [0.717, 1.165) is 47.8 Å². The number of carbonyl (C=O) groups is 1. The van der Waals surface area contributed by atoms with Crippen molar-refractivity contribution in [1.82, 2.24) is 10.2 Å². The van der Waals surface area contributed by atoms with Gasteiger partial charge in [0.15, 0.2) is 5.78 Å². The van der Waals surface area contributed by atoms with Crippen molar-refractivity contribution in [3.63, 3.8) is 0 Å². The zero-order valence-corrected chi connectivity index (χ0v) is 17.9. The average Bonchev–Trinajstić information content (AvgIpc) is 3.18. The molecule has 2 heterocycles. The first kappa shape index (κ1) is 20.2. The minimum absolute atomic E-state index is 0.140. The molecule has 0 aliphatic carbocycles. The molecule has 6 heteroatoms. The lowest BCUT2D eigenvalue weighted by Crippen LogP contribution is -2.59. The van der Waals surface area contributed by atoms with Crippen molar-refractivity contribution >= 4 is 40.6 Å². The smallest absolute Gasteiger partial charge is 0.163 e. The normalized spacial score (nSPS) is 22.2. The minimum atomic E-state index is -0.755. The molecule has 0 radical (unpaired) electrons. The van der Waals surface area contributed by atoms with Gasteiger partial charge in [-0.2, -0.15) is 0 Å². The Labute approximate surface area is 181 Å². The van der Waals surface area contributed by atoms with Gasteiger partial charge in [-0.1, -0.05) is 53.0 Å². The summed E-state index contributed by atoms with van der Waals surface area (Å²) < 4.78 is 0. The zero-order chi connectivity index (χ0) is 19.7. The van der Waals surface area contributed by atoms with E-state index in [1.54, 1.807) is 12.1 Å². The number of hydrogen-bond donors (Lipinski definition) is 1. The summed E-state index contributed by atoms with van der Waals surface area (Å²) in [6, 6.07) is 11.3. The van der Waals surface area contributed by atoms with Crippen molar-refractivity contribution in [2.24, 2.45) is 0 Å². The van der Waals surface area contributed by atoms with Gasteiger partial charge in [-0.15, -0.1) is 0 Å². The largest absolute Gasteiger partial charge is 0.301 e. The second-order valence-electron chi connectivity index (χ2n) is 7.68. The summed E-state index contributed by atoms with van der Waals surface area (Å²) >= 11 is 18.7. The fourth-order valence-electron chi connectivity index (χ4n) is 4.45. The van der Waals surface area contributed by atoms with Gasteiger partial charge in [0.05, 0.1) is 10.0 Å². The molecule has 28 heavy (non-hydrogen) atoms. The summed E-state index contributed by atoms with van der Waals surface area (Å²) in [6.07, 6.45) is 3.49. The van der Waals surface area contributed by atoms with E-state index in [0.29, 0.717) is 23.0 Å². The SMILES string of the molecule is O=C(Cc1ccc(Cl)c(Cl)c1)C1(CN2CCCC2)NCCc2c(Cl)cccc21. The van der Waals surface area contributed by atoms with Gasteiger partial charge >= 0.3 is 0 Å². The number of nitrogens with one attached hydrogen (secondary N) is 1. The van der Waals surface area contributed by atoms with Crippen LogP contribution in [0.1, 0.15) is 29.5 Å². The lowest BCUT2D eigenvalue weighted by molar-refractivity contribution is -0.126. The number of hydrogen-bond acceptors (Lipinski definition) is 3. The molecule has 2 aliphatic rings. The lowest BCUT2D eigenvalue weighted by atomic mass is 9.77. The van der Waals surface area contributed by atoms with Crippen molar-refractivity contribution in [1.29, 1.82) is 0 Å². The van der Waals surface area contributed by atoms with Crippen LogP contribution < -0.4 is 5.32 Å². The maximum Gasteiger partial charge on any atom is 0.163 e. The molecule has 1 unspecified atom stereocenters. The molecule has 3 nitrogen and oxygen atoms in total. The molecular formula is C22H23Cl3N2O. The van der Waals surface area contributed by atoms with Crippen LogP contribution >= 0.6 is 34.8 Å². The number of ketones is 1. The van der Waals surface area contributed by atoms with Crippen LogP contribution in [0.2, 0.25) is 15.1 Å². The molecule has 0 bridgehead atoms. The standard InChI is InChI=1S/C22H23Cl3N2O/c23-18-5-3-4-17-16(18)8-9-26-22(17,14-27-10-1-2-11-27)21(28)13-15-6-7-19(24)20(25)12-15/h3-7,12,26H,1-2,8-11,13-14H2. The summed E-state index contributed by atoms with van der Waals surface area (Å²) in [5.74, 6) is 0.140. The first-order valence-corrected chi connectivity index (χ1v) is 10.9. The highest BCUT2D eigenvalue weighted by Gasteiger charge is 2.44. The Morgan fingerprint density at radius 1 is 1.04 bits per heavy atom. The fraction of sp³-hybridized carbons (Fsp3) is 0.409. The molecule has 4 rings (SSSR count). The van der Waals surface area contributed by atoms with Crippen molar-refractivity contribution in [2.45, 2.75) is 31.2 Å². The van der Waals surface area contributed by atoms with E-state index in [4.69, 9.17) is 34.8 Å². The Morgan fingerprint density at radius 3 is 2.57 bits per heavy atom. The predicted octanol–water partition coefficient (Wildman–Crippen LogP) is 4.90. The second kappa shape index (κ2) is 8.33. The topological polar surface area (TPSA) is 32.3 Å². The molecule has 0 aromatic heterocycles. The summed E-state index contributed by atoms with van der Waals surface area (Å²) in [7, 11) is 0. The molecule has 0 saturated carbocycles. The number of fused-ring (bicyclic) bond motifs is 1. The Balaban J connectivity index is 1.73. The van der Waals surface area contributed by atoms with Gasteiger partial charge < -0.3 is 4.90 Å². The Kier molecular flexibility index (Phi) is 6.01. The third-order valence-electron chi connectivity index (χ3n) is 5.86. The van der Waals surface area contributed by atoms with Crippen molar-refractivity contribution in [2.75, 3.05) is 26.2 Å². The Bertz CT molecular complexity index is 895. The molecule has 2 aromatic rings. The van der Waals surface area contributed by atoms with Gasteiger partial charge in [0.25, 0.3) is 0 Å². The van der Waals surface area contributed by atoms with Crippen LogP contribution in [0.3, 0.4) is 0 Å². The lowest BCUT2D eigenvalue weighted by Gasteiger charge is -2.41. The van der Waals surface area contributed by atoms with E-state index >= 15 is 0 Å². The third-order valence-corrected chi connectivity index (χ3v) is 6.96. The van der Waals surface area contributed by atoms with Crippen LogP contribution in [-0.4, -0.2) is 36.9 Å². The number of halogens is 3. The van der Waals surface area contributed by atoms with Gasteiger partial charge in [0, 0.05) is 24.5 Å². The highest BCUT2D eigenvalue weighted by molar-refractivity contribution is 6.42. The molecule has 148 valence electrons. The van der Waals surface area contributed by atoms with E-state index in [9.17, 15) is 4.79 Å². The second-order valence-corrected chi connectivity index (χ2v) is 8.90. The summed E-state index contributed by atoms with van der Waals surface area (Å²) in [6.45, 7) is 3.46. The maximum absolute atomic E-state index is 13.7. The van der Waals surface area contributed by atoms with Gasteiger partial charge in [-0.3, -0.25) is 10.1 Å². The van der Waals surface area contributed by atoms with Gasteiger partial charge in [-0.05, 0) is 67.2 Å². The molecule has 2 aromatic carbocycles. The average molecular weight is 438 g/mol. The first-order valence-electron chi connectivity index (χ1n) is 9.72. The number of nitrogens with zero attached hydrogens (tertiary/aromatic N) is 1. The molecule has 1 N–H and O–H groups in total. The van der Waals surface area contributed by atoms with E-state index in [2.05, 4.69) is 16.3 Å². The van der Waals surface area contributed by atoms with E-state index in [1.165, 1.54) is 12.8 Å². The summed E-state index contributed by atoms with van der Waals surface area (Å²) in [5.41, 5.74) is 2.22. The third kappa shape index (κ3) is 3.83. The number of benzene rings is 2. The van der Waals surface area contributed by atoms with Crippen LogP contribution in [0.25, 0.3) is 0 Å². The molecule has 0 spiro atoms. The summed E-state index contributed by atoms with van der Waals surface area (Å²) in [4.78, 5) is 16.1. The van der Waals surface area contributed by atoms with E-state index in [1.807, 2.05) is 18.2 Å². The molecule has 2 aliphatic heterocycles. The molecule has 1 atom stereocenters. The minimum Gasteiger partial charge on any atom is -0.301 e. The monoisotopic (exact) mass is 436 g/mol. The van der Waals surface area contributed by atoms with Crippen molar-refractivity contribution < 1.29 is 4.79 Å². The van der Waals surface area contributed by atoms with Crippen LogP contribution in [0.5, 0.6) is 0 Å². The van der Waals surface area contributed by atoms with Gasteiger partial charge in [0.2, 0.25) is 0 Å². The fourth-order valence-corrected chi connectivity index (χ4v) is 5.04. The molecular weight excluding hydrogens is 415 g/mol. The number of rotatable bonds is 5. The van der Waals surface area contributed by atoms with Crippen LogP contribution in [0.15, 0.2) is 36.4 Å². The quantitative estimate of drug-likeness (QED) is 0.722.